The van der Waals surface area contributed by atoms with Gasteiger partial charge in [-0.1, -0.05) is 206 Å². The van der Waals surface area contributed by atoms with Crippen molar-refractivity contribution in [1.82, 2.24) is 33.2 Å². The zero-order chi connectivity index (χ0) is 49.8. The van der Waals surface area contributed by atoms with Gasteiger partial charge in [0, 0.05) is 54.2 Å². The summed E-state index contributed by atoms with van der Waals surface area (Å²) in [6, 6.07) is 93.2. The molecule has 16 aromatic rings. The van der Waals surface area contributed by atoms with E-state index in [0.717, 1.165) is 132 Å². The van der Waals surface area contributed by atoms with Crippen molar-refractivity contribution in [3.05, 3.63) is 261 Å². The summed E-state index contributed by atoms with van der Waals surface area (Å²) < 4.78 is 9.72. The van der Waals surface area contributed by atoms with Gasteiger partial charge in [0.15, 0.2) is 17.5 Å². The molecule has 0 fully saturated rings. The molecule has 0 aliphatic heterocycles. The van der Waals surface area contributed by atoms with Crippen LogP contribution in [0.2, 0.25) is 0 Å². The first-order valence-corrected chi connectivity index (χ1v) is 25.8. The lowest BCUT2D eigenvalue weighted by Gasteiger charge is -2.26. The van der Waals surface area contributed by atoms with Crippen LogP contribution in [0.15, 0.2) is 261 Å². The zero-order valence-electron chi connectivity index (χ0n) is 41.0. The lowest BCUT2D eigenvalue weighted by molar-refractivity contribution is 0.959. The highest BCUT2D eigenvalue weighted by Gasteiger charge is 2.34. The van der Waals surface area contributed by atoms with E-state index in [1.54, 1.807) is 0 Å². The third-order valence-corrected chi connectivity index (χ3v) is 15.4. The van der Waals surface area contributed by atoms with Crippen molar-refractivity contribution in [3.63, 3.8) is 0 Å². The molecule has 0 amide bonds. The minimum atomic E-state index is 0.539. The molecule has 0 saturated carbocycles. The Morgan fingerprint density at radius 2 is 0.487 bits per heavy atom. The van der Waals surface area contributed by atoms with Gasteiger partial charge in [-0.25, -0.2) is 15.0 Å². The minimum Gasteiger partial charge on any atom is -0.306 e. The predicted molar refractivity (Wildman–Crippen MR) is 313 cm³/mol. The maximum absolute atomic E-state index is 6.35. The minimum absolute atomic E-state index is 0.539. The summed E-state index contributed by atoms with van der Waals surface area (Å²) in [4.78, 5) is 18.0. The number of aromatic nitrogens is 7. The first-order valence-electron chi connectivity index (χ1n) is 25.8. The van der Waals surface area contributed by atoms with E-state index in [2.05, 4.69) is 279 Å². The second kappa shape index (κ2) is 16.6. The molecule has 7 heteroatoms. The van der Waals surface area contributed by atoms with Crippen LogP contribution in [0.4, 0.5) is 0 Å². The smallest absolute Gasteiger partial charge is 0.166 e. The summed E-state index contributed by atoms with van der Waals surface area (Å²) in [7, 11) is 0. The molecule has 0 aliphatic rings. The van der Waals surface area contributed by atoms with Crippen LogP contribution in [0.1, 0.15) is 0 Å². The largest absolute Gasteiger partial charge is 0.306 e. The standard InChI is InChI=1S/C69H43N7/c1-3-23-44(24-4-1)54-43-55(45-25-5-2-6-26-45)71-67(70-54)64-65(73-56-35-15-7-27-46(56)47-28-8-16-36-57(47)73)66(74-58-37-17-9-29-48(58)49-30-10-18-38-59(49)74)69(76-62-41-21-13-33-52(62)53-34-14-22-42-63(53)76)72-68(64)75-60-39-19-11-31-50(60)51-32-12-20-40-61(51)75/h1-43H. The van der Waals surface area contributed by atoms with E-state index in [1.165, 1.54) is 0 Å². The Labute approximate surface area is 436 Å². The van der Waals surface area contributed by atoms with Crippen molar-refractivity contribution in [1.29, 1.82) is 0 Å². The number of rotatable bonds is 7. The molecule has 76 heavy (non-hydrogen) atoms. The van der Waals surface area contributed by atoms with Gasteiger partial charge in [0.2, 0.25) is 0 Å². The number of para-hydroxylation sites is 8. The Kier molecular flexibility index (Phi) is 9.20. The van der Waals surface area contributed by atoms with E-state index in [9.17, 15) is 0 Å². The van der Waals surface area contributed by atoms with Crippen molar-refractivity contribution >= 4 is 87.2 Å². The highest BCUT2D eigenvalue weighted by Crippen LogP contribution is 2.48. The van der Waals surface area contributed by atoms with E-state index >= 15 is 0 Å². The summed E-state index contributed by atoms with van der Waals surface area (Å²) in [5, 5.41) is 9.07. The lowest BCUT2D eigenvalue weighted by Crippen LogP contribution is -2.17. The molecular weight excluding hydrogens is 927 g/mol. The summed E-state index contributed by atoms with van der Waals surface area (Å²) in [6.07, 6.45) is 0. The third kappa shape index (κ3) is 6.14. The fraction of sp³-hybridized carbons (Fsp3) is 0. The SMILES string of the molecule is c1ccc(-c2cc(-c3ccccc3)nc(-c3c(-n4c5ccccc5c5ccccc54)nc(-n4c5ccccc5c5ccccc54)c(-n4c5ccccc5c5ccccc54)c3-n3c4ccccc4c4ccccc43)n2)cc1. The van der Waals surface area contributed by atoms with Crippen LogP contribution in [0.25, 0.3) is 144 Å². The third-order valence-electron chi connectivity index (χ3n) is 15.4. The fourth-order valence-electron chi connectivity index (χ4n) is 12.2. The van der Waals surface area contributed by atoms with E-state index in [4.69, 9.17) is 15.0 Å². The summed E-state index contributed by atoms with van der Waals surface area (Å²) in [5.74, 6) is 1.99. The Balaban J connectivity index is 1.24. The van der Waals surface area contributed by atoms with Crippen LogP contribution < -0.4 is 0 Å². The molecule has 0 unspecified atom stereocenters. The van der Waals surface area contributed by atoms with Crippen LogP contribution in [0.3, 0.4) is 0 Å². The first-order chi connectivity index (χ1) is 37.8. The van der Waals surface area contributed by atoms with E-state index in [-0.39, 0.29) is 0 Å². The van der Waals surface area contributed by atoms with Crippen LogP contribution >= 0.6 is 0 Å². The number of hydrogen-bond acceptors (Lipinski definition) is 3. The molecule has 0 atom stereocenters. The summed E-state index contributed by atoms with van der Waals surface area (Å²) in [5.41, 5.74) is 14.4. The van der Waals surface area contributed by atoms with Crippen LogP contribution in [-0.4, -0.2) is 33.2 Å². The molecule has 0 aliphatic carbocycles. The van der Waals surface area contributed by atoms with Crippen LogP contribution in [0.5, 0.6) is 0 Å². The lowest BCUT2D eigenvalue weighted by atomic mass is 10.0. The zero-order valence-corrected chi connectivity index (χ0v) is 41.0. The average Bonchev–Trinajstić information content (AvgIpc) is 4.23. The molecule has 354 valence electrons. The number of fused-ring (bicyclic) bond motifs is 12. The van der Waals surface area contributed by atoms with Gasteiger partial charge in [-0.05, 0) is 54.6 Å². The number of hydrogen-bond donors (Lipinski definition) is 0. The molecule has 0 radical (unpaired) electrons. The highest BCUT2D eigenvalue weighted by atomic mass is 15.2. The maximum atomic E-state index is 6.35. The van der Waals surface area contributed by atoms with E-state index < -0.39 is 0 Å². The Morgan fingerprint density at radius 3 is 0.816 bits per heavy atom. The number of pyridine rings is 1. The van der Waals surface area contributed by atoms with Crippen LogP contribution in [0, 0.1) is 0 Å². The van der Waals surface area contributed by atoms with E-state index in [0.29, 0.717) is 11.6 Å². The topological polar surface area (TPSA) is 58.4 Å². The highest BCUT2D eigenvalue weighted by molar-refractivity contribution is 6.15. The normalized spacial score (nSPS) is 11.9. The molecule has 6 heterocycles. The Hall–Kier alpha value is -10.4. The second-order valence-electron chi connectivity index (χ2n) is 19.5. The molecule has 6 aromatic heterocycles. The molecule has 0 bridgehead atoms. The monoisotopic (exact) mass is 969 g/mol. The fourth-order valence-corrected chi connectivity index (χ4v) is 12.2. The average molecular weight is 970 g/mol. The van der Waals surface area contributed by atoms with Gasteiger partial charge < -0.3 is 9.13 Å². The summed E-state index contributed by atoms with van der Waals surface area (Å²) >= 11 is 0. The predicted octanol–water partition coefficient (Wildman–Crippen LogP) is 17.3. The quantitative estimate of drug-likeness (QED) is 0.160. The van der Waals surface area contributed by atoms with Crippen molar-refractivity contribution < 1.29 is 0 Å². The molecule has 0 N–H and O–H groups in total. The van der Waals surface area contributed by atoms with Crippen molar-refractivity contribution in [2.24, 2.45) is 0 Å². The van der Waals surface area contributed by atoms with Gasteiger partial charge in [-0.15, -0.1) is 0 Å². The van der Waals surface area contributed by atoms with E-state index in [1.807, 2.05) is 0 Å². The van der Waals surface area contributed by atoms with Gasteiger partial charge in [0.25, 0.3) is 0 Å². The number of nitrogens with zero attached hydrogens (tertiary/aromatic N) is 7. The molecule has 0 saturated heterocycles. The molecule has 10 aromatic carbocycles. The van der Waals surface area contributed by atoms with Crippen LogP contribution in [-0.2, 0) is 0 Å². The first kappa shape index (κ1) is 42.2. The Bertz CT molecular complexity index is 4730. The Morgan fingerprint density at radius 1 is 0.224 bits per heavy atom. The molecule has 7 nitrogen and oxygen atoms in total. The summed E-state index contributed by atoms with van der Waals surface area (Å²) in [6.45, 7) is 0. The van der Waals surface area contributed by atoms with Crippen molar-refractivity contribution in [2.75, 3.05) is 0 Å². The van der Waals surface area contributed by atoms with Gasteiger partial charge in [-0.2, -0.15) is 0 Å². The maximum Gasteiger partial charge on any atom is 0.166 e. The molecular formula is C69H43N7. The van der Waals surface area contributed by atoms with Gasteiger partial charge in [0.05, 0.1) is 66.8 Å². The van der Waals surface area contributed by atoms with Crippen molar-refractivity contribution in [3.8, 4) is 56.9 Å². The second-order valence-corrected chi connectivity index (χ2v) is 19.5. The van der Waals surface area contributed by atoms with Crippen molar-refractivity contribution in [2.45, 2.75) is 0 Å². The van der Waals surface area contributed by atoms with Gasteiger partial charge in [0.1, 0.15) is 5.69 Å². The number of benzene rings is 10. The molecule has 0 spiro atoms. The van der Waals surface area contributed by atoms with Gasteiger partial charge in [-0.3, -0.25) is 9.13 Å². The molecule has 16 rings (SSSR count). The van der Waals surface area contributed by atoms with Gasteiger partial charge >= 0.3 is 0 Å².